The Hall–Kier alpha value is -0.550. The fourth-order valence-electron chi connectivity index (χ4n) is 0.977. The molecule has 0 aromatic carbocycles. The van der Waals surface area contributed by atoms with Crippen LogP contribution in [0.1, 0.15) is 23.8 Å². The number of aliphatic hydroxyl groups is 1. The van der Waals surface area contributed by atoms with E-state index in [0.717, 1.165) is 0 Å². The smallest absolute Gasteiger partial charge is 0.280 e. The summed E-state index contributed by atoms with van der Waals surface area (Å²) in [5.74, 6) is 0. The highest BCUT2D eigenvalue weighted by molar-refractivity contribution is 9.09. The number of rotatable bonds is 3. The van der Waals surface area contributed by atoms with Crippen LogP contribution >= 0.6 is 15.9 Å². The van der Waals surface area contributed by atoms with Crippen LogP contribution in [0.4, 0.5) is 8.78 Å². The molecule has 1 N–H and O–H groups in total. The Morgan fingerprint density at radius 3 is 2.77 bits per heavy atom. The summed E-state index contributed by atoms with van der Waals surface area (Å²) < 4.78 is 24.7. The van der Waals surface area contributed by atoms with E-state index in [-0.39, 0.29) is 16.6 Å². The van der Waals surface area contributed by atoms with Crippen LogP contribution in [0, 0.1) is 0 Å². The molecule has 1 rings (SSSR count). The molecule has 0 aliphatic heterocycles. The predicted molar refractivity (Wildman–Crippen MR) is 47.9 cm³/mol. The first kappa shape index (κ1) is 10.5. The monoisotopic (exact) mass is 251 g/mol. The Balaban J connectivity index is 3.04. The summed E-state index contributed by atoms with van der Waals surface area (Å²) in [5, 5.41) is 9.56. The number of hydrogen-bond donors (Lipinski definition) is 1. The van der Waals surface area contributed by atoms with Crippen molar-refractivity contribution in [3.05, 3.63) is 29.6 Å². The molecular formula is C8H8BrF2NO. The molecular weight excluding hydrogens is 244 g/mol. The summed E-state index contributed by atoms with van der Waals surface area (Å²) >= 11 is 3.01. The average molecular weight is 252 g/mol. The second kappa shape index (κ2) is 4.62. The molecule has 1 heterocycles. The fraction of sp³-hybridized carbons (Fsp3) is 0.375. The Morgan fingerprint density at radius 1 is 1.54 bits per heavy atom. The van der Waals surface area contributed by atoms with Gasteiger partial charge in [-0.3, -0.25) is 4.98 Å². The van der Waals surface area contributed by atoms with Crippen molar-refractivity contribution in [2.45, 2.75) is 12.5 Å². The summed E-state index contributed by atoms with van der Waals surface area (Å²) in [4.78, 5) is 3.52. The predicted octanol–water partition coefficient (Wildman–Crippen LogP) is 2.45. The van der Waals surface area contributed by atoms with Gasteiger partial charge in [0.05, 0.1) is 6.10 Å². The van der Waals surface area contributed by atoms with E-state index in [0.29, 0.717) is 0 Å². The molecule has 0 amide bonds. The van der Waals surface area contributed by atoms with Gasteiger partial charge in [0.1, 0.15) is 5.69 Å². The lowest BCUT2D eigenvalue weighted by Crippen LogP contribution is -2.05. The van der Waals surface area contributed by atoms with E-state index in [9.17, 15) is 13.9 Å². The van der Waals surface area contributed by atoms with Crippen LogP contribution in [0.5, 0.6) is 0 Å². The van der Waals surface area contributed by atoms with Crippen molar-refractivity contribution in [3.63, 3.8) is 0 Å². The molecule has 0 saturated carbocycles. The molecule has 0 spiro atoms. The van der Waals surface area contributed by atoms with Crippen LogP contribution < -0.4 is 0 Å². The fourth-order valence-corrected chi connectivity index (χ4v) is 1.33. The van der Waals surface area contributed by atoms with E-state index in [2.05, 4.69) is 20.9 Å². The lowest BCUT2D eigenvalue weighted by Gasteiger charge is -2.11. The highest BCUT2D eigenvalue weighted by atomic mass is 79.9. The minimum Gasteiger partial charge on any atom is -0.387 e. The van der Waals surface area contributed by atoms with Crippen LogP contribution in [0.25, 0.3) is 0 Å². The first-order valence-electron chi connectivity index (χ1n) is 3.63. The summed E-state index contributed by atoms with van der Waals surface area (Å²) in [7, 11) is 0. The van der Waals surface area contributed by atoms with Gasteiger partial charge >= 0.3 is 0 Å². The number of pyridine rings is 1. The first-order chi connectivity index (χ1) is 6.16. The second-order valence-electron chi connectivity index (χ2n) is 2.45. The lowest BCUT2D eigenvalue weighted by molar-refractivity contribution is 0.136. The van der Waals surface area contributed by atoms with E-state index < -0.39 is 12.5 Å². The normalized spacial score (nSPS) is 13.3. The zero-order chi connectivity index (χ0) is 9.84. The van der Waals surface area contributed by atoms with Crippen molar-refractivity contribution in [1.82, 2.24) is 4.98 Å². The summed E-state index contributed by atoms with van der Waals surface area (Å²) in [5.41, 5.74) is -0.177. The molecule has 0 aliphatic carbocycles. The molecule has 0 fully saturated rings. The third-order valence-electron chi connectivity index (χ3n) is 1.58. The maximum absolute atomic E-state index is 12.3. The van der Waals surface area contributed by atoms with Gasteiger partial charge < -0.3 is 5.11 Å². The molecule has 1 atom stereocenters. The van der Waals surface area contributed by atoms with Gasteiger partial charge in [-0.05, 0) is 6.07 Å². The van der Waals surface area contributed by atoms with Crippen LogP contribution in [0.3, 0.4) is 0 Å². The Labute approximate surface area is 82.7 Å². The second-order valence-corrected chi connectivity index (χ2v) is 3.10. The van der Waals surface area contributed by atoms with Crippen LogP contribution in [-0.4, -0.2) is 15.4 Å². The van der Waals surface area contributed by atoms with Gasteiger partial charge in [-0.25, -0.2) is 8.78 Å². The maximum atomic E-state index is 12.3. The maximum Gasteiger partial charge on any atom is 0.280 e. The largest absolute Gasteiger partial charge is 0.387 e. The summed E-state index contributed by atoms with van der Waals surface area (Å²) in [6.45, 7) is 0. The molecule has 0 unspecified atom stereocenters. The van der Waals surface area contributed by atoms with Crippen molar-refractivity contribution in [2.24, 2.45) is 0 Å². The Morgan fingerprint density at radius 2 is 2.23 bits per heavy atom. The van der Waals surface area contributed by atoms with Crippen molar-refractivity contribution in [1.29, 1.82) is 0 Å². The summed E-state index contributed by atoms with van der Waals surface area (Å²) in [6, 6.07) is 2.97. The highest BCUT2D eigenvalue weighted by Gasteiger charge is 2.18. The number of aromatic nitrogens is 1. The van der Waals surface area contributed by atoms with Crippen LogP contribution in [0.15, 0.2) is 18.3 Å². The van der Waals surface area contributed by atoms with Gasteiger partial charge in [0.25, 0.3) is 6.43 Å². The van der Waals surface area contributed by atoms with E-state index >= 15 is 0 Å². The molecule has 0 radical (unpaired) electrons. The van der Waals surface area contributed by atoms with Gasteiger partial charge in [0.2, 0.25) is 0 Å². The zero-order valence-corrected chi connectivity index (χ0v) is 8.21. The number of aliphatic hydroxyl groups excluding tert-OH is 1. The van der Waals surface area contributed by atoms with Crippen molar-refractivity contribution >= 4 is 15.9 Å². The molecule has 72 valence electrons. The average Bonchev–Trinajstić information content (AvgIpc) is 2.16. The summed E-state index contributed by atoms with van der Waals surface area (Å²) in [6.07, 6.45) is -2.30. The van der Waals surface area contributed by atoms with Gasteiger partial charge in [0.15, 0.2) is 0 Å². The van der Waals surface area contributed by atoms with Crippen molar-refractivity contribution in [3.8, 4) is 0 Å². The molecule has 0 bridgehead atoms. The van der Waals surface area contributed by atoms with Crippen molar-refractivity contribution in [2.75, 3.05) is 5.33 Å². The topological polar surface area (TPSA) is 33.1 Å². The Bertz CT molecular complexity index is 283. The number of halogens is 3. The highest BCUT2D eigenvalue weighted by Crippen LogP contribution is 2.25. The number of alkyl halides is 3. The third-order valence-corrected chi connectivity index (χ3v) is 2.20. The SMILES string of the molecule is O[C@@H](CBr)c1cccnc1C(F)F. The molecule has 0 saturated heterocycles. The third kappa shape index (κ3) is 2.45. The molecule has 13 heavy (non-hydrogen) atoms. The van der Waals surface area contributed by atoms with Crippen molar-refractivity contribution < 1.29 is 13.9 Å². The lowest BCUT2D eigenvalue weighted by atomic mass is 10.1. The molecule has 2 nitrogen and oxygen atoms in total. The van der Waals surface area contributed by atoms with Gasteiger partial charge in [0, 0.05) is 17.1 Å². The molecule has 0 aliphatic rings. The quantitative estimate of drug-likeness (QED) is 0.838. The standard InChI is InChI=1S/C8H8BrF2NO/c9-4-6(13)5-2-1-3-12-7(5)8(10)11/h1-3,6,8,13H,4H2/t6-/m0/s1. The van der Waals surface area contributed by atoms with E-state index in [1.165, 1.54) is 18.3 Å². The van der Waals surface area contributed by atoms with E-state index in [1.807, 2.05) is 0 Å². The zero-order valence-electron chi connectivity index (χ0n) is 6.62. The van der Waals surface area contributed by atoms with Gasteiger partial charge in [-0.15, -0.1) is 0 Å². The minimum absolute atomic E-state index is 0.175. The van der Waals surface area contributed by atoms with Crippen LogP contribution in [0.2, 0.25) is 0 Å². The molecule has 1 aromatic heterocycles. The van der Waals surface area contributed by atoms with Gasteiger partial charge in [-0.1, -0.05) is 22.0 Å². The minimum atomic E-state index is -2.65. The number of hydrogen-bond acceptors (Lipinski definition) is 2. The molecule has 1 aromatic rings. The molecule has 5 heteroatoms. The number of nitrogens with zero attached hydrogens (tertiary/aromatic N) is 1. The van der Waals surface area contributed by atoms with Gasteiger partial charge in [-0.2, -0.15) is 0 Å². The van der Waals surface area contributed by atoms with E-state index in [1.54, 1.807) is 0 Å². The Kier molecular flexibility index (Phi) is 3.74. The van der Waals surface area contributed by atoms with E-state index in [4.69, 9.17) is 0 Å². The first-order valence-corrected chi connectivity index (χ1v) is 4.76. The van der Waals surface area contributed by atoms with Crippen LogP contribution in [-0.2, 0) is 0 Å².